The molecule has 144 valence electrons. The molecule has 3 aromatic rings. The van der Waals surface area contributed by atoms with Gasteiger partial charge in [-0.2, -0.15) is 0 Å². The quantitative estimate of drug-likeness (QED) is 0.592. The van der Waals surface area contributed by atoms with Crippen LogP contribution in [0.15, 0.2) is 50.1 Å². The average molecular weight is 442 g/mol. The van der Waals surface area contributed by atoms with Gasteiger partial charge < -0.3 is 14.5 Å². The molecule has 0 fully saturated rings. The minimum atomic E-state index is -0.259. The van der Waals surface area contributed by atoms with E-state index < -0.39 is 0 Å². The van der Waals surface area contributed by atoms with Crippen LogP contribution in [-0.4, -0.2) is 12.5 Å². The minimum absolute atomic E-state index is 0.131. The van der Waals surface area contributed by atoms with E-state index in [4.69, 9.17) is 9.15 Å². The van der Waals surface area contributed by atoms with Gasteiger partial charge >= 0.3 is 5.63 Å². The predicted molar refractivity (Wildman–Crippen MR) is 112 cm³/mol. The molecule has 1 aromatic heterocycles. The van der Waals surface area contributed by atoms with E-state index in [9.17, 15) is 9.59 Å². The highest BCUT2D eigenvalue weighted by atomic mass is 79.9. The third-order valence-corrected chi connectivity index (χ3v) is 5.63. The second-order valence-electron chi connectivity index (χ2n) is 7.01. The van der Waals surface area contributed by atoms with E-state index in [-0.39, 0.29) is 18.1 Å². The summed E-state index contributed by atoms with van der Waals surface area (Å²) in [4.78, 5) is 24.7. The Morgan fingerprint density at radius 1 is 1.18 bits per heavy atom. The van der Waals surface area contributed by atoms with E-state index >= 15 is 0 Å². The van der Waals surface area contributed by atoms with Gasteiger partial charge in [0.2, 0.25) is 0 Å². The van der Waals surface area contributed by atoms with Crippen molar-refractivity contribution < 1.29 is 13.9 Å². The number of fused-ring (bicyclic) bond motifs is 3. The number of carbonyl (C=O) groups is 1. The highest BCUT2D eigenvalue weighted by molar-refractivity contribution is 9.10. The van der Waals surface area contributed by atoms with Crippen LogP contribution in [0.1, 0.15) is 29.5 Å². The molecule has 4 rings (SSSR count). The zero-order valence-corrected chi connectivity index (χ0v) is 17.1. The SMILES string of the molecule is Cc1cc(OCC(=O)Nc2ccccc2Br)c2c3c(c(=O)oc2c1)CCCC3. The molecule has 0 radical (unpaired) electrons. The molecule has 1 amide bonds. The molecule has 2 aromatic carbocycles. The first-order chi connectivity index (χ1) is 13.5. The summed E-state index contributed by atoms with van der Waals surface area (Å²) in [6.07, 6.45) is 3.56. The molecular weight excluding hydrogens is 422 g/mol. The number of halogens is 1. The van der Waals surface area contributed by atoms with Crippen molar-refractivity contribution in [2.24, 2.45) is 0 Å². The minimum Gasteiger partial charge on any atom is -0.483 e. The summed E-state index contributed by atoms with van der Waals surface area (Å²) in [5.41, 5.74) is 3.60. The maximum Gasteiger partial charge on any atom is 0.339 e. The number of hydrogen-bond acceptors (Lipinski definition) is 4. The Balaban J connectivity index is 1.64. The number of nitrogens with one attached hydrogen (secondary N) is 1. The molecule has 6 heteroatoms. The second-order valence-corrected chi connectivity index (χ2v) is 7.86. The number of carbonyl (C=O) groups excluding carboxylic acids is 1. The smallest absolute Gasteiger partial charge is 0.339 e. The van der Waals surface area contributed by atoms with Crippen LogP contribution in [-0.2, 0) is 17.6 Å². The Kier molecular flexibility index (Phi) is 5.22. The van der Waals surface area contributed by atoms with Crippen LogP contribution in [0, 0.1) is 6.92 Å². The van der Waals surface area contributed by atoms with Crippen molar-refractivity contribution in [1.82, 2.24) is 0 Å². The van der Waals surface area contributed by atoms with Gasteiger partial charge in [0.1, 0.15) is 11.3 Å². The number of rotatable bonds is 4. The van der Waals surface area contributed by atoms with Crippen LogP contribution in [0.4, 0.5) is 5.69 Å². The van der Waals surface area contributed by atoms with Crippen molar-refractivity contribution in [3.63, 3.8) is 0 Å². The Morgan fingerprint density at radius 3 is 2.71 bits per heavy atom. The van der Waals surface area contributed by atoms with Crippen molar-refractivity contribution in [3.05, 3.63) is 68.0 Å². The average Bonchev–Trinajstić information content (AvgIpc) is 2.68. The van der Waals surface area contributed by atoms with Gasteiger partial charge in [-0.25, -0.2) is 4.79 Å². The maximum atomic E-state index is 12.4. The van der Waals surface area contributed by atoms with Crippen molar-refractivity contribution in [1.29, 1.82) is 0 Å². The van der Waals surface area contributed by atoms with Crippen LogP contribution in [0.25, 0.3) is 11.0 Å². The monoisotopic (exact) mass is 441 g/mol. The maximum absolute atomic E-state index is 12.4. The standard InChI is InChI=1S/C22H20BrNO4/c1-13-10-18(27-12-20(25)24-17-9-5-4-8-16(17)23)21-14-6-2-3-7-15(14)22(26)28-19(21)11-13/h4-5,8-11H,2-3,6-7,12H2,1H3,(H,24,25). The van der Waals surface area contributed by atoms with E-state index in [0.717, 1.165) is 52.2 Å². The fraction of sp³-hybridized carbons (Fsp3) is 0.273. The molecule has 0 unspecified atom stereocenters. The van der Waals surface area contributed by atoms with E-state index in [1.807, 2.05) is 43.3 Å². The summed E-state index contributed by atoms with van der Waals surface area (Å²) in [6.45, 7) is 1.78. The Hall–Kier alpha value is -2.60. The van der Waals surface area contributed by atoms with Crippen LogP contribution >= 0.6 is 15.9 Å². The van der Waals surface area contributed by atoms with Crippen LogP contribution in [0.5, 0.6) is 5.75 Å². The van der Waals surface area contributed by atoms with E-state index in [2.05, 4.69) is 21.2 Å². The predicted octanol–water partition coefficient (Wildman–Crippen LogP) is 4.76. The normalized spacial score (nSPS) is 13.2. The fourth-order valence-electron chi connectivity index (χ4n) is 3.67. The van der Waals surface area contributed by atoms with Crippen molar-refractivity contribution in [2.45, 2.75) is 32.6 Å². The van der Waals surface area contributed by atoms with Crippen molar-refractivity contribution in [3.8, 4) is 5.75 Å². The Labute approximate surface area is 170 Å². The number of aryl methyl sites for hydroxylation is 2. The van der Waals surface area contributed by atoms with Gasteiger partial charge in [-0.1, -0.05) is 12.1 Å². The first-order valence-corrected chi connectivity index (χ1v) is 10.1. The molecule has 0 saturated heterocycles. The highest BCUT2D eigenvalue weighted by Crippen LogP contribution is 2.34. The largest absolute Gasteiger partial charge is 0.483 e. The van der Waals surface area contributed by atoms with Gasteiger partial charge in [-0.3, -0.25) is 4.79 Å². The molecule has 0 atom stereocenters. The lowest BCUT2D eigenvalue weighted by atomic mass is 9.90. The summed E-state index contributed by atoms with van der Waals surface area (Å²) in [5, 5.41) is 3.64. The lowest BCUT2D eigenvalue weighted by Gasteiger charge is -2.19. The van der Waals surface area contributed by atoms with Gasteiger partial charge in [0.05, 0.1) is 11.1 Å². The molecule has 1 aliphatic carbocycles. The summed E-state index contributed by atoms with van der Waals surface area (Å²) in [7, 11) is 0. The molecular formula is C22H20BrNO4. The molecule has 0 bridgehead atoms. The summed E-state index contributed by atoms with van der Waals surface area (Å²) in [6, 6.07) is 11.1. The number of anilines is 1. The molecule has 1 N–H and O–H groups in total. The summed E-state index contributed by atoms with van der Waals surface area (Å²) >= 11 is 3.41. The van der Waals surface area contributed by atoms with E-state index in [0.29, 0.717) is 17.0 Å². The number of para-hydroxylation sites is 1. The highest BCUT2D eigenvalue weighted by Gasteiger charge is 2.21. The van der Waals surface area contributed by atoms with Crippen LogP contribution < -0.4 is 15.7 Å². The Bertz CT molecular complexity index is 1120. The van der Waals surface area contributed by atoms with Crippen molar-refractivity contribution >= 4 is 38.5 Å². The first kappa shape index (κ1) is 18.7. The number of hydrogen-bond donors (Lipinski definition) is 1. The zero-order chi connectivity index (χ0) is 19.7. The molecule has 0 aliphatic heterocycles. The summed E-state index contributed by atoms with van der Waals surface area (Å²) < 4.78 is 12.3. The lowest BCUT2D eigenvalue weighted by molar-refractivity contribution is -0.118. The topological polar surface area (TPSA) is 68.5 Å². The van der Waals surface area contributed by atoms with Gasteiger partial charge in [-0.15, -0.1) is 0 Å². The first-order valence-electron chi connectivity index (χ1n) is 9.29. The lowest BCUT2D eigenvalue weighted by Crippen LogP contribution is -2.21. The van der Waals surface area contributed by atoms with Gasteiger partial charge in [-0.05, 0) is 83.9 Å². The zero-order valence-electron chi connectivity index (χ0n) is 15.5. The third kappa shape index (κ3) is 3.69. The fourth-order valence-corrected chi connectivity index (χ4v) is 4.06. The number of amides is 1. The van der Waals surface area contributed by atoms with Gasteiger partial charge in [0.15, 0.2) is 6.61 Å². The van der Waals surface area contributed by atoms with Gasteiger partial charge in [0, 0.05) is 10.0 Å². The molecule has 1 aliphatic rings. The molecule has 0 saturated carbocycles. The van der Waals surface area contributed by atoms with Crippen LogP contribution in [0.3, 0.4) is 0 Å². The molecule has 1 heterocycles. The Morgan fingerprint density at radius 2 is 1.93 bits per heavy atom. The molecule has 5 nitrogen and oxygen atoms in total. The number of ether oxygens (including phenoxy) is 1. The van der Waals surface area contributed by atoms with Crippen molar-refractivity contribution in [2.75, 3.05) is 11.9 Å². The second kappa shape index (κ2) is 7.80. The van der Waals surface area contributed by atoms with Gasteiger partial charge in [0.25, 0.3) is 5.91 Å². The third-order valence-electron chi connectivity index (χ3n) is 4.94. The molecule has 0 spiro atoms. The van der Waals surface area contributed by atoms with Crippen LogP contribution in [0.2, 0.25) is 0 Å². The van der Waals surface area contributed by atoms with E-state index in [1.54, 1.807) is 0 Å². The van der Waals surface area contributed by atoms with E-state index in [1.165, 1.54) is 0 Å². The molecule has 28 heavy (non-hydrogen) atoms. The summed E-state index contributed by atoms with van der Waals surface area (Å²) in [5.74, 6) is 0.326. The number of benzene rings is 2.